The van der Waals surface area contributed by atoms with E-state index in [9.17, 15) is 0 Å². The number of nitrogens with zero attached hydrogens (tertiary/aromatic N) is 4. The van der Waals surface area contributed by atoms with E-state index >= 15 is 0 Å². The fraction of sp³-hybridized carbons (Fsp3) is 0.733. The number of aryl methyl sites for hydroxylation is 3. The zero-order chi connectivity index (χ0) is 15.2. The SMILES string of the molecule is CCCCOCCCn1c(CCl)nc2c(CC)nn(C)c21. The Morgan fingerprint density at radius 3 is 2.62 bits per heavy atom. The third kappa shape index (κ3) is 3.58. The number of aromatic nitrogens is 4. The Balaban J connectivity index is 2.09. The van der Waals surface area contributed by atoms with E-state index in [-0.39, 0.29) is 0 Å². The Kier molecular flexibility index (Phi) is 6.06. The molecular formula is C15H25ClN4O. The third-order valence-corrected chi connectivity index (χ3v) is 3.88. The molecule has 0 atom stereocenters. The highest BCUT2D eigenvalue weighted by molar-refractivity contribution is 6.16. The van der Waals surface area contributed by atoms with Crippen molar-refractivity contribution in [1.82, 2.24) is 19.3 Å². The molecule has 0 aliphatic carbocycles. The maximum Gasteiger partial charge on any atom is 0.158 e. The molecule has 0 radical (unpaired) electrons. The molecular weight excluding hydrogens is 288 g/mol. The lowest BCUT2D eigenvalue weighted by Gasteiger charge is -2.08. The molecule has 0 N–H and O–H groups in total. The Morgan fingerprint density at radius 1 is 1.19 bits per heavy atom. The van der Waals surface area contributed by atoms with Crippen molar-refractivity contribution in [3.63, 3.8) is 0 Å². The summed E-state index contributed by atoms with van der Waals surface area (Å²) in [5.74, 6) is 1.34. The van der Waals surface area contributed by atoms with E-state index < -0.39 is 0 Å². The Morgan fingerprint density at radius 2 is 1.95 bits per heavy atom. The van der Waals surface area contributed by atoms with Gasteiger partial charge >= 0.3 is 0 Å². The first-order valence-electron chi connectivity index (χ1n) is 7.77. The normalized spacial score (nSPS) is 11.6. The lowest BCUT2D eigenvalue weighted by molar-refractivity contribution is 0.126. The van der Waals surface area contributed by atoms with Crippen LogP contribution in [-0.2, 0) is 30.6 Å². The topological polar surface area (TPSA) is 44.9 Å². The maximum atomic E-state index is 6.05. The number of fused-ring (bicyclic) bond motifs is 1. The van der Waals surface area contributed by atoms with Gasteiger partial charge in [0.1, 0.15) is 11.3 Å². The van der Waals surface area contributed by atoms with Crippen LogP contribution in [0, 0.1) is 0 Å². The summed E-state index contributed by atoms with van der Waals surface area (Å²) in [5.41, 5.74) is 3.09. The van der Waals surface area contributed by atoms with Crippen molar-refractivity contribution in [3.8, 4) is 0 Å². The van der Waals surface area contributed by atoms with E-state index in [4.69, 9.17) is 16.3 Å². The summed E-state index contributed by atoms with van der Waals surface area (Å²) in [6.07, 6.45) is 4.15. The van der Waals surface area contributed by atoms with E-state index in [2.05, 4.69) is 28.5 Å². The van der Waals surface area contributed by atoms with Crippen molar-refractivity contribution in [1.29, 1.82) is 0 Å². The van der Waals surface area contributed by atoms with Crippen LogP contribution in [0.25, 0.3) is 11.2 Å². The molecule has 6 heteroatoms. The lowest BCUT2D eigenvalue weighted by atomic mass is 10.3. The Bertz CT molecular complexity index is 576. The summed E-state index contributed by atoms with van der Waals surface area (Å²) in [6, 6.07) is 0. The van der Waals surface area contributed by atoms with E-state index in [1.807, 2.05) is 11.7 Å². The molecule has 0 fully saturated rings. The third-order valence-electron chi connectivity index (χ3n) is 3.64. The molecule has 2 aromatic heterocycles. The summed E-state index contributed by atoms with van der Waals surface area (Å²) in [7, 11) is 1.97. The molecule has 21 heavy (non-hydrogen) atoms. The van der Waals surface area contributed by atoms with Crippen molar-refractivity contribution in [3.05, 3.63) is 11.5 Å². The fourth-order valence-electron chi connectivity index (χ4n) is 2.54. The molecule has 0 unspecified atom stereocenters. The molecule has 0 spiro atoms. The molecule has 0 aliphatic rings. The standard InChI is InChI=1S/C15H25ClN4O/c1-4-6-9-21-10-7-8-20-13(11-16)17-14-12(5-2)18-19(3)15(14)20/h4-11H2,1-3H3. The number of unbranched alkanes of at least 4 members (excludes halogenated alkanes) is 1. The maximum absolute atomic E-state index is 6.05. The number of alkyl halides is 1. The van der Waals surface area contributed by atoms with E-state index in [1.54, 1.807) is 0 Å². The predicted octanol–water partition coefficient (Wildman–Crippen LogP) is 3.28. The molecule has 2 rings (SSSR count). The molecule has 0 amide bonds. The minimum absolute atomic E-state index is 0.425. The van der Waals surface area contributed by atoms with Gasteiger partial charge in [0.25, 0.3) is 0 Å². The van der Waals surface area contributed by atoms with Crippen LogP contribution in [0.3, 0.4) is 0 Å². The smallest absolute Gasteiger partial charge is 0.158 e. The van der Waals surface area contributed by atoms with Gasteiger partial charge < -0.3 is 9.30 Å². The van der Waals surface area contributed by atoms with Gasteiger partial charge in [-0.25, -0.2) is 4.98 Å². The van der Waals surface area contributed by atoms with E-state index in [1.165, 1.54) is 6.42 Å². The van der Waals surface area contributed by atoms with Crippen LogP contribution < -0.4 is 0 Å². The number of halogens is 1. The van der Waals surface area contributed by atoms with Gasteiger partial charge in [0, 0.05) is 26.8 Å². The second kappa shape index (κ2) is 7.80. The lowest BCUT2D eigenvalue weighted by Crippen LogP contribution is -2.09. The summed E-state index contributed by atoms with van der Waals surface area (Å²) in [5, 5.41) is 4.53. The van der Waals surface area contributed by atoms with Crippen LogP contribution in [0.4, 0.5) is 0 Å². The van der Waals surface area contributed by atoms with Gasteiger partial charge in [-0.15, -0.1) is 11.6 Å². The highest BCUT2D eigenvalue weighted by Gasteiger charge is 2.17. The summed E-state index contributed by atoms with van der Waals surface area (Å²) in [6.45, 7) is 6.77. The van der Waals surface area contributed by atoms with Crippen LogP contribution in [0.2, 0.25) is 0 Å². The number of rotatable bonds is 9. The van der Waals surface area contributed by atoms with Gasteiger partial charge in [-0.3, -0.25) is 4.68 Å². The molecule has 2 aromatic rings. The van der Waals surface area contributed by atoms with Crippen LogP contribution >= 0.6 is 11.6 Å². The number of imidazole rings is 1. The van der Waals surface area contributed by atoms with Crippen LogP contribution in [0.1, 0.15) is 44.6 Å². The average Bonchev–Trinajstić information content (AvgIpc) is 3.00. The highest BCUT2D eigenvalue weighted by atomic mass is 35.5. The van der Waals surface area contributed by atoms with Crippen molar-refractivity contribution < 1.29 is 4.74 Å². The van der Waals surface area contributed by atoms with Crippen molar-refractivity contribution in [2.75, 3.05) is 13.2 Å². The summed E-state index contributed by atoms with van der Waals surface area (Å²) in [4.78, 5) is 4.66. The van der Waals surface area contributed by atoms with Gasteiger partial charge in [-0.2, -0.15) is 5.10 Å². The minimum Gasteiger partial charge on any atom is -0.381 e. The zero-order valence-corrected chi connectivity index (χ0v) is 14.0. The molecule has 2 heterocycles. The van der Waals surface area contributed by atoms with Crippen LogP contribution in [0.15, 0.2) is 0 Å². The molecule has 118 valence electrons. The monoisotopic (exact) mass is 312 g/mol. The second-order valence-corrected chi connectivity index (χ2v) is 5.50. The number of hydrogen-bond acceptors (Lipinski definition) is 3. The van der Waals surface area contributed by atoms with Crippen molar-refractivity contribution in [2.24, 2.45) is 7.05 Å². The first-order valence-corrected chi connectivity index (χ1v) is 8.31. The molecule has 0 aromatic carbocycles. The predicted molar refractivity (Wildman–Crippen MR) is 85.8 cm³/mol. The number of ether oxygens (including phenoxy) is 1. The molecule has 0 saturated heterocycles. The summed E-state index contributed by atoms with van der Waals surface area (Å²) < 4.78 is 9.72. The molecule has 0 aliphatic heterocycles. The van der Waals surface area contributed by atoms with Gasteiger partial charge in [-0.1, -0.05) is 20.3 Å². The van der Waals surface area contributed by atoms with Crippen LogP contribution in [-0.4, -0.2) is 32.5 Å². The largest absolute Gasteiger partial charge is 0.381 e. The Labute approximate surface area is 131 Å². The molecule has 5 nitrogen and oxygen atoms in total. The fourth-order valence-corrected chi connectivity index (χ4v) is 2.74. The van der Waals surface area contributed by atoms with Gasteiger partial charge in [0.2, 0.25) is 0 Å². The first-order chi connectivity index (χ1) is 10.2. The highest BCUT2D eigenvalue weighted by Crippen LogP contribution is 2.21. The van der Waals surface area contributed by atoms with E-state index in [0.717, 1.165) is 61.7 Å². The first kappa shape index (κ1) is 16.3. The zero-order valence-electron chi connectivity index (χ0n) is 13.2. The molecule has 0 bridgehead atoms. The Hall–Kier alpha value is -1.07. The van der Waals surface area contributed by atoms with Crippen LogP contribution in [0.5, 0.6) is 0 Å². The average molecular weight is 313 g/mol. The van der Waals surface area contributed by atoms with E-state index in [0.29, 0.717) is 5.88 Å². The van der Waals surface area contributed by atoms with Crippen molar-refractivity contribution in [2.45, 2.75) is 52.0 Å². The number of hydrogen-bond donors (Lipinski definition) is 0. The quantitative estimate of drug-likeness (QED) is 0.527. The molecule has 0 saturated carbocycles. The second-order valence-electron chi connectivity index (χ2n) is 5.23. The van der Waals surface area contributed by atoms with Gasteiger partial charge in [-0.05, 0) is 19.3 Å². The van der Waals surface area contributed by atoms with Gasteiger partial charge in [0.05, 0.1) is 11.6 Å². The minimum atomic E-state index is 0.425. The van der Waals surface area contributed by atoms with Crippen molar-refractivity contribution >= 4 is 22.8 Å². The summed E-state index contributed by atoms with van der Waals surface area (Å²) >= 11 is 6.05. The van der Waals surface area contributed by atoms with Gasteiger partial charge in [0.15, 0.2) is 5.65 Å².